The zero-order valence-corrected chi connectivity index (χ0v) is 9.71. The first-order valence-corrected chi connectivity index (χ1v) is 7.11. The van der Waals surface area contributed by atoms with Gasteiger partial charge in [0.2, 0.25) is 0 Å². The molecule has 0 amide bonds. The molecule has 10 heavy (non-hydrogen) atoms. The predicted molar refractivity (Wildman–Crippen MR) is 39.7 cm³/mol. The van der Waals surface area contributed by atoms with E-state index in [1.807, 2.05) is 0 Å². The normalized spacial score (nSPS) is 9.40. The van der Waals surface area contributed by atoms with Crippen LogP contribution in [0.2, 0.25) is 0 Å². The summed E-state index contributed by atoms with van der Waals surface area (Å²) in [6, 6.07) is 0. The zero-order valence-electron chi connectivity index (χ0n) is 5.74. The van der Waals surface area contributed by atoms with Crippen LogP contribution >= 0.6 is 27.7 Å². The molecule has 0 rings (SSSR count). The van der Waals surface area contributed by atoms with Crippen LogP contribution in [0.15, 0.2) is 0 Å². The second kappa shape index (κ2) is 13.2. The van der Waals surface area contributed by atoms with Crippen LogP contribution in [0, 0.1) is 0 Å². The van der Waals surface area contributed by atoms with Gasteiger partial charge >= 0.3 is 43.6 Å². The van der Waals surface area contributed by atoms with E-state index in [1.165, 1.54) is 0 Å². The summed E-state index contributed by atoms with van der Waals surface area (Å²) in [5.74, 6) is 0. The van der Waals surface area contributed by atoms with E-state index < -0.39 is 8.60 Å². The molecule has 0 aromatic rings. The van der Waals surface area contributed by atoms with Crippen molar-refractivity contribution in [2.24, 2.45) is 0 Å². The number of hydrogen-bond acceptors (Lipinski definition) is 3. The van der Waals surface area contributed by atoms with Crippen LogP contribution in [0.4, 0.5) is 0 Å². The predicted octanol–water partition coefficient (Wildman–Crippen LogP) is 2.53. The number of rotatable bonds is 3. The van der Waals surface area contributed by atoms with Crippen molar-refractivity contribution < 1.29 is 29.5 Å². The van der Waals surface area contributed by atoms with Gasteiger partial charge in [0.25, 0.3) is 0 Å². The van der Waals surface area contributed by atoms with E-state index in [-0.39, 0.29) is 15.9 Å². The van der Waals surface area contributed by atoms with E-state index in [0.717, 1.165) is 0 Å². The zero-order chi connectivity index (χ0) is 8.41. The van der Waals surface area contributed by atoms with Crippen molar-refractivity contribution in [2.45, 2.75) is 0 Å². The Balaban J connectivity index is 0. The molecule has 7 heteroatoms. The Hall–Kier alpha value is 1.55. The molecule has 0 unspecified atom stereocenters. The van der Waals surface area contributed by atoms with Crippen molar-refractivity contribution in [3.8, 4) is 0 Å². The first-order chi connectivity index (χ1) is 4.76. The topological polar surface area (TPSA) is 27.7 Å². The van der Waals surface area contributed by atoms with Gasteiger partial charge in [0.05, 0.1) is 0 Å². The number of halogens is 2. The molecule has 0 aromatic carbocycles. The van der Waals surface area contributed by atoms with E-state index in [4.69, 9.17) is 19.1 Å². The van der Waals surface area contributed by atoms with Gasteiger partial charge in [-0.3, -0.25) is 0 Å². The van der Waals surface area contributed by atoms with E-state index in [2.05, 4.69) is 13.6 Å². The van der Waals surface area contributed by atoms with E-state index in [1.54, 1.807) is 21.3 Å². The van der Waals surface area contributed by atoms with Crippen molar-refractivity contribution in [1.82, 2.24) is 0 Å². The molecule has 0 aliphatic carbocycles. The van der Waals surface area contributed by atoms with E-state index >= 15 is 0 Å². The van der Waals surface area contributed by atoms with Crippen molar-refractivity contribution in [2.75, 3.05) is 21.3 Å². The Morgan fingerprint density at radius 3 is 1.20 bits per heavy atom. The molecule has 0 heterocycles. The van der Waals surface area contributed by atoms with Crippen molar-refractivity contribution >= 4 is 27.7 Å². The molecule has 68 valence electrons. The molecule has 0 aliphatic heterocycles. The fraction of sp³-hybridized carbons (Fsp3) is 1.00. The summed E-state index contributed by atoms with van der Waals surface area (Å²) in [7, 11) is 13.2. The summed E-state index contributed by atoms with van der Waals surface area (Å²) in [4.78, 5) is 0. The third kappa shape index (κ3) is 12.2. The summed E-state index contributed by atoms with van der Waals surface area (Å²) in [6.07, 6.45) is 0. The molecule has 0 N–H and O–H groups in total. The van der Waals surface area contributed by atoms with Crippen molar-refractivity contribution in [3.63, 3.8) is 0 Å². The van der Waals surface area contributed by atoms with E-state index in [9.17, 15) is 0 Å². The van der Waals surface area contributed by atoms with Gasteiger partial charge in [0.1, 0.15) is 0 Å². The van der Waals surface area contributed by atoms with Gasteiger partial charge < -0.3 is 13.6 Å². The Labute approximate surface area is 78.4 Å². The van der Waals surface area contributed by atoms with Crippen LogP contribution in [0.1, 0.15) is 0 Å². The minimum absolute atomic E-state index is 0.106. The fourth-order valence-electron chi connectivity index (χ4n) is 0.224. The van der Waals surface area contributed by atoms with E-state index in [0.29, 0.717) is 0 Å². The Morgan fingerprint density at radius 2 is 1.20 bits per heavy atom. The van der Waals surface area contributed by atoms with Crippen LogP contribution in [-0.4, -0.2) is 21.3 Å². The molecule has 0 saturated heterocycles. The van der Waals surface area contributed by atoms with Crippen molar-refractivity contribution in [1.29, 1.82) is 0 Å². The van der Waals surface area contributed by atoms with Crippen LogP contribution in [0.25, 0.3) is 0 Å². The molecular formula is C3H9Cl2O3PPd. The Bertz CT molecular complexity index is 51.5. The number of hydrogen-bond donors (Lipinski definition) is 0. The SMILES string of the molecule is COP(OC)OC.[Cl][Pd][Cl]. The molecule has 0 spiro atoms. The molecule has 0 atom stereocenters. The summed E-state index contributed by atoms with van der Waals surface area (Å²) in [5.41, 5.74) is 0. The van der Waals surface area contributed by atoms with Gasteiger partial charge in [-0.25, -0.2) is 0 Å². The molecule has 0 fully saturated rings. The Kier molecular flexibility index (Phi) is 18.6. The second-order valence-electron chi connectivity index (χ2n) is 0.817. The maximum atomic E-state index is 4.81. The maximum absolute atomic E-state index is 4.81. The standard InChI is InChI=1S/C3H9O3P.2ClH.Pd/c1-4-7(5-2)6-3;;;/h1-3H3;2*1H;/q;;;+2/p-2. The van der Waals surface area contributed by atoms with Crippen LogP contribution < -0.4 is 0 Å². The molecule has 0 bridgehead atoms. The summed E-state index contributed by atoms with van der Waals surface area (Å²) in [5, 5.41) is 0. The Morgan fingerprint density at radius 1 is 1.00 bits per heavy atom. The summed E-state index contributed by atoms with van der Waals surface area (Å²) >= 11 is -0.106. The van der Waals surface area contributed by atoms with Gasteiger partial charge in [-0.15, -0.1) is 0 Å². The molecule has 0 saturated carbocycles. The van der Waals surface area contributed by atoms with Gasteiger partial charge in [-0.1, -0.05) is 0 Å². The first kappa shape index (κ1) is 14.1. The monoisotopic (exact) mass is 300 g/mol. The second-order valence-corrected chi connectivity index (χ2v) is 4.72. The van der Waals surface area contributed by atoms with Gasteiger partial charge in [-0.2, -0.15) is 0 Å². The van der Waals surface area contributed by atoms with Crippen molar-refractivity contribution in [3.05, 3.63) is 0 Å². The molecular weight excluding hydrogens is 292 g/mol. The molecule has 3 nitrogen and oxygen atoms in total. The van der Waals surface area contributed by atoms with Crippen LogP contribution in [0.5, 0.6) is 0 Å². The first-order valence-electron chi connectivity index (χ1n) is 2.01. The quantitative estimate of drug-likeness (QED) is 0.592. The fourth-order valence-corrected chi connectivity index (χ4v) is 0.671. The summed E-state index contributed by atoms with van der Waals surface area (Å²) < 4.78 is 14.0. The van der Waals surface area contributed by atoms with Crippen LogP contribution in [-0.2, 0) is 29.5 Å². The third-order valence-corrected chi connectivity index (χ3v) is 1.34. The molecule has 0 aliphatic rings. The average molecular weight is 301 g/mol. The molecule has 0 aromatic heterocycles. The van der Waals surface area contributed by atoms with Gasteiger partial charge in [0.15, 0.2) is 0 Å². The van der Waals surface area contributed by atoms with Crippen LogP contribution in [0.3, 0.4) is 0 Å². The minimum atomic E-state index is -1.05. The van der Waals surface area contributed by atoms with Gasteiger partial charge in [-0.05, 0) is 0 Å². The average Bonchev–Trinajstić information content (AvgIpc) is 1.93. The third-order valence-electron chi connectivity index (χ3n) is 0.447. The van der Waals surface area contributed by atoms with Gasteiger partial charge in [0, 0.05) is 21.3 Å². The molecule has 0 radical (unpaired) electrons. The summed E-state index contributed by atoms with van der Waals surface area (Å²) in [6.45, 7) is 0.